The van der Waals surface area contributed by atoms with Crippen molar-refractivity contribution in [3.8, 4) is 11.4 Å². The van der Waals surface area contributed by atoms with E-state index in [1.54, 1.807) is 16.8 Å². The minimum atomic E-state index is -0.342. The number of tetrazole rings is 1. The van der Waals surface area contributed by atoms with Crippen molar-refractivity contribution in [1.29, 1.82) is 0 Å². The number of nitrogens with zero attached hydrogens (tertiary/aromatic N) is 6. The third-order valence-corrected chi connectivity index (χ3v) is 6.02. The van der Waals surface area contributed by atoms with Gasteiger partial charge in [0.05, 0.1) is 24.4 Å². The Morgan fingerprint density at radius 2 is 1.85 bits per heavy atom. The summed E-state index contributed by atoms with van der Waals surface area (Å²) in [5, 5.41) is 13.8. The van der Waals surface area contributed by atoms with Crippen LogP contribution in [0.1, 0.15) is 23.1 Å². The lowest BCUT2D eigenvalue weighted by Gasteiger charge is -2.34. The average molecular weight is 461 g/mol. The van der Waals surface area contributed by atoms with Crippen LogP contribution in [0.25, 0.3) is 16.5 Å². The summed E-state index contributed by atoms with van der Waals surface area (Å²) in [5.74, 6) is 0.872. The van der Waals surface area contributed by atoms with Crippen LogP contribution < -0.4 is 4.74 Å². The molecule has 0 bridgehead atoms. The smallest absolute Gasteiger partial charge is 0.258 e. The molecule has 0 spiro atoms. The summed E-state index contributed by atoms with van der Waals surface area (Å²) in [7, 11) is 0. The summed E-state index contributed by atoms with van der Waals surface area (Å²) in [6.45, 7) is 5.42. The van der Waals surface area contributed by atoms with Gasteiger partial charge in [0.1, 0.15) is 11.6 Å². The number of carbonyl (C=O) groups is 1. The molecule has 2 heterocycles. The predicted octanol–water partition coefficient (Wildman–Crippen LogP) is 3.31. The number of aromatic nitrogens is 4. The van der Waals surface area contributed by atoms with Crippen molar-refractivity contribution in [3.63, 3.8) is 0 Å². The van der Waals surface area contributed by atoms with E-state index in [9.17, 15) is 9.18 Å². The van der Waals surface area contributed by atoms with Crippen LogP contribution in [0, 0.1) is 5.82 Å². The first-order chi connectivity index (χ1) is 16.6. The number of fused-ring (bicyclic) bond motifs is 1. The van der Waals surface area contributed by atoms with Crippen molar-refractivity contribution in [2.24, 2.45) is 0 Å². The van der Waals surface area contributed by atoms with Crippen molar-refractivity contribution in [1.82, 2.24) is 30.0 Å². The second kappa shape index (κ2) is 9.56. The molecule has 0 unspecified atom stereocenters. The van der Waals surface area contributed by atoms with Gasteiger partial charge in [-0.1, -0.05) is 36.4 Å². The summed E-state index contributed by atoms with van der Waals surface area (Å²) in [5.41, 5.74) is 1.19. The van der Waals surface area contributed by atoms with E-state index in [4.69, 9.17) is 4.74 Å². The Balaban J connectivity index is 1.30. The van der Waals surface area contributed by atoms with E-state index < -0.39 is 0 Å². The largest absolute Gasteiger partial charge is 0.493 e. The zero-order chi connectivity index (χ0) is 23.5. The van der Waals surface area contributed by atoms with Gasteiger partial charge >= 0.3 is 0 Å². The van der Waals surface area contributed by atoms with E-state index in [-0.39, 0.29) is 11.7 Å². The number of ether oxygens (including phenoxy) is 1. The molecule has 5 rings (SSSR count). The molecule has 1 aliphatic heterocycles. The summed E-state index contributed by atoms with van der Waals surface area (Å²) in [6, 6.07) is 17.9. The van der Waals surface area contributed by atoms with Crippen molar-refractivity contribution in [2.75, 3.05) is 32.8 Å². The molecule has 34 heavy (non-hydrogen) atoms. The highest BCUT2D eigenvalue weighted by Crippen LogP contribution is 2.30. The maximum atomic E-state index is 13.6. The van der Waals surface area contributed by atoms with Gasteiger partial charge in [0.2, 0.25) is 0 Å². The number of hydrogen-bond donors (Lipinski definition) is 0. The molecule has 1 aliphatic rings. The van der Waals surface area contributed by atoms with E-state index in [1.165, 1.54) is 12.1 Å². The SMILES string of the molecule is CCOc1ccc2ccccc2c1C(=O)N1CCN(Cc2nnnn2-c2cccc(F)c2)CC1. The number of hydrogen-bond acceptors (Lipinski definition) is 6. The molecule has 4 aromatic rings. The van der Waals surface area contributed by atoms with Crippen molar-refractivity contribution in [2.45, 2.75) is 13.5 Å². The van der Waals surface area contributed by atoms with Crippen molar-refractivity contribution in [3.05, 3.63) is 77.9 Å². The van der Waals surface area contributed by atoms with E-state index in [1.807, 2.05) is 48.2 Å². The fraction of sp³-hybridized carbons (Fsp3) is 0.280. The second-order valence-electron chi connectivity index (χ2n) is 8.15. The van der Waals surface area contributed by atoms with Gasteiger partial charge < -0.3 is 9.64 Å². The average Bonchev–Trinajstić information content (AvgIpc) is 3.32. The van der Waals surface area contributed by atoms with Crippen LogP contribution in [0.5, 0.6) is 5.75 Å². The minimum absolute atomic E-state index is 0.0236. The number of benzene rings is 3. The lowest BCUT2D eigenvalue weighted by molar-refractivity contribution is 0.0622. The third-order valence-electron chi connectivity index (χ3n) is 6.02. The van der Waals surface area contributed by atoms with Crippen LogP contribution in [0.4, 0.5) is 4.39 Å². The Morgan fingerprint density at radius 3 is 2.65 bits per heavy atom. The molecule has 0 atom stereocenters. The highest BCUT2D eigenvalue weighted by atomic mass is 19.1. The van der Waals surface area contributed by atoms with Gasteiger partial charge in [-0.25, -0.2) is 4.39 Å². The molecule has 0 saturated carbocycles. The first kappa shape index (κ1) is 22.0. The fourth-order valence-corrected chi connectivity index (χ4v) is 4.33. The van der Waals surface area contributed by atoms with Crippen molar-refractivity contribution >= 4 is 16.7 Å². The number of rotatable bonds is 6. The highest BCUT2D eigenvalue weighted by Gasteiger charge is 2.27. The molecule has 9 heteroatoms. The lowest BCUT2D eigenvalue weighted by Crippen LogP contribution is -2.48. The van der Waals surface area contributed by atoms with Gasteiger partial charge in [0.25, 0.3) is 5.91 Å². The molecule has 3 aromatic carbocycles. The van der Waals surface area contributed by atoms with E-state index >= 15 is 0 Å². The standard InChI is InChI=1S/C25H25FN6O2/c1-2-34-22-11-10-18-6-3-4-9-21(18)24(22)25(33)31-14-12-30(13-15-31)17-23-27-28-29-32(23)20-8-5-7-19(26)16-20/h3-11,16H,2,12-15,17H2,1H3. The Morgan fingerprint density at radius 1 is 1.03 bits per heavy atom. The Bertz CT molecular complexity index is 1320. The van der Waals surface area contributed by atoms with Crippen LogP contribution in [-0.4, -0.2) is 68.7 Å². The Hall–Kier alpha value is -3.85. The second-order valence-corrected chi connectivity index (χ2v) is 8.15. The quantitative estimate of drug-likeness (QED) is 0.440. The molecule has 1 saturated heterocycles. The van der Waals surface area contributed by atoms with Crippen LogP contribution in [0.15, 0.2) is 60.7 Å². The van der Waals surface area contributed by atoms with Gasteiger partial charge in [-0.2, -0.15) is 4.68 Å². The monoisotopic (exact) mass is 460 g/mol. The lowest BCUT2D eigenvalue weighted by atomic mass is 10.0. The number of piperazine rings is 1. The molecular weight excluding hydrogens is 435 g/mol. The first-order valence-electron chi connectivity index (χ1n) is 11.3. The molecule has 0 radical (unpaired) electrons. The van der Waals surface area contributed by atoms with Gasteiger partial charge in [0, 0.05) is 26.2 Å². The number of halogens is 1. The van der Waals surface area contributed by atoms with Gasteiger partial charge in [-0.15, -0.1) is 5.10 Å². The minimum Gasteiger partial charge on any atom is -0.493 e. The van der Waals surface area contributed by atoms with Crippen LogP contribution in [-0.2, 0) is 6.54 Å². The molecular formula is C25H25FN6O2. The van der Waals surface area contributed by atoms with E-state index in [2.05, 4.69) is 20.4 Å². The predicted molar refractivity (Wildman–Crippen MR) is 125 cm³/mol. The Labute approximate surface area is 196 Å². The molecule has 0 N–H and O–H groups in total. The normalized spacial score (nSPS) is 14.5. The summed E-state index contributed by atoms with van der Waals surface area (Å²) in [6.07, 6.45) is 0. The number of carbonyl (C=O) groups excluding carboxylic acids is 1. The maximum absolute atomic E-state index is 13.6. The van der Waals surface area contributed by atoms with Gasteiger partial charge in [0.15, 0.2) is 5.82 Å². The summed E-state index contributed by atoms with van der Waals surface area (Å²) in [4.78, 5) is 17.6. The molecule has 174 valence electrons. The maximum Gasteiger partial charge on any atom is 0.258 e. The fourth-order valence-electron chi connectivity index (χ4n) is 4.33. The Kier molecular flexibility index (Phi) is 6.18. The molecule has 1 fully saturated rings. The van der Waals surface area contributed by atoms with Crippen LogP contribution in [0.2, 0.25) is 0 Å². The zero-order valence-corrected chi connectivity index (χ0v) is 18.9. The molecule has 1 aromatic heterocycles. The highest BCUT2D eigenvalue weighted by molar-refractivity contribution is 6.09. The summed E-state index contributed by atoms with van der Waals surface area (Å²) < 4.78 is 21.0. The first-order valence-corrected chi connectivity index (χ1v) is 11.3. The summed E-state index contributed by atoms with van der Waals surface area (Å²) >= 11 is 0. The topological polar surface area (TPSA) is 76.4 Å². The van der Waals surface area contributed by atoms with Crippen molar-refractivity contribution < 1.29 is 13.9 Å². The number of amides is 1. The molecule has 8 nitrogen and oxygen atoms in total. The van der Waals surface area contributed by atoms with Crippen LogP contribution >= 0.6 is 0 Å². The van der Waals surface area contributed by atoms with E-state index in [0.29, 0.717) is 62.2 Å². The molecule has 0 aliphatic carbocycles. The van der Waals surface area contributed by atoms with Gasteiger partial charge in [-0.3, -0.25) is 9.69 Å². The van der Waals surface area contributed by atoms with Gasteiger partial charge in [-0.05, 0) is 52.4 Å². The van der Waals surface area contributed by atoms with Crippen LogP contribution in [0.3, 0.4) is 0 Å². The molecule has 1 amide bonds. The van der Waals surface area contributed by atoms with E-state index in [0.717, 1.165) is 10.8 Å². The zero-order valence-electron chi connectivity index (χ0n) is 18.9. The third kappa shape index (κ3) is 4.34.